The Morgan fingerprint density at radius 1 is 0.879 bits per heavy atom. The van der Waals surface area contributed by atoms with Crippen molar-refractivity contribution in [1.29, 1.82) is 0 Å². The molecule has 0 saturated carbocycles. The highest BCUT2D eigenvalue weighted by molar-refractivity contribution is 8.00. The largest absolute Gasteiger partial charge is 0.300 e. The summed E-state index contributed by atoms with van der Waals surface area (Å²) in [6, 6.07) is 21.2. The van der Waals surface area contributed by atoms with Crippen molar-refractivity contribution < 1.29 is 4.39 Å². The van der Waals surface area contributed by atoms with Crippen LogP contribution in [0.25, 0.3) is 38.0 Å². The monoisotopic (exact) mass is 471 g/mol. The predicted molar refractivity (Wildman–Crippen MR) is 129 cm³/mol. The Labute approximate surface area is 194 Å². The number of halogens is 1. The van der Waals surface area contributed by atoms with Crippen LogP contribution in [0.4, 0.5) is 4.39 Å². The van der Waals surface area contributed by atoms with Crippen LogP contribution >= 0.6 is 23.1 Å². The van der Waals surface area contributed by atoms with Gasteiger partial charge in [-0.3, -0.25) is 4.79 Å². The minimum Gasteiger partial charge on any atom is -0.265 e. The average Bonchev–Trinajstić information content (AvgIpc) is 3.26. The molecule has 3 aromatic carbocycles. The third-order valence-corrected chi connectivity index (χ3v) is 7.34. The molecule has 6 nitrogen and oxygen atoms in total. The molecule has 0 aliphatic rings. The average molecular weight is 472 g/mol. The number of thioether (sulfide) groups is 1. The minimum absolute atomic E-state index is 0.149. The summed E-state index contributed by atoms with van der Waals surface area (Å²) >= 11 is 3.18. The smallest absolute Gasteiger partial charge is 0.265 e. The van der Waals surface area contributed by atoms with Crippen molar-refractivity contribution >= 4 is 49.9 Å². The van der Waals surface area contributed by atoms with Gasteiger partial charge in [0.15, 0.2) is 15.7 Å². The van der Waals surface area contributed by atoms with Gasteiger partial charge in [-0.15, -0.1) is 11.3 Å². The van der Waals surface area contributed by atoms with Gasteiger partial charge in [-0.1, -0.05) is 36.0 Å². The van der Waals surface area contributed by atoms with E-state index in [0.717, 1.165) is 25.5 Å². The number of benzene rings is 3. The fraction of sp³-hybridized carbons (Fsp3) is 0.0417. The lowest BCUT2D eigenvalue weighted by Crippen LogP contribution is -2.18. The van der Waals surface area contributed by atoms with Crippen LogP contribution in [0.3, 0.4) is 0 Å². The predicted octanol–water partition coefficient (Wildman–Crippen LogP) is 5.35. The van der Waals surface area contributed by atoms with E-state index >= 15 is 0 Å². The maximum atomic E-state index is 13.4. The van der Waals surface area contributed by atoms with E-state index in [1.165, 1.54) is 24.3 Å². The van der Waals surface area contributed by atoms with Crippen molar-refractivity contribution in [3.05, 3.63) is 94.8 Å². The van der Waals surface area contributed by atoms with Crippen molar-refractivity contribution in [2.75, 3.05) is 0 Å². The molecule has 0 saturated heterocycles. The van der Waals surface area contributed by atoms with Crippen LogP contribution in [0.15, 0.2) is 81.9 Å². The molecule has 33 heavy (non-hydrogen) atoms. The third kappa shape index (κ3) is 3.65. The van der Waals surface area contributed by atoms with Crippen LogP contribution in [0.2, 0.25) is 0 Å². The van der Waals surface area contributed by atoms with Gasteiger partial charge >= 0.3 is 0 Å². The number of rotatable bonds is 4. The summed E-state index contributed by atoms with van der Waals surface area (Å²) in [7, 11) is 0. The van der Waals surface area contributed by atoms with E-state index in [4.69, 9.17) is 4.98 Å². The van der Waals surface area contributed by atoms with E-state index in [1.807, 2.05) is 48.5 Å². The zero-order valence-electron chi connectivity index (χ0n) is 17.0. The number of nitrogens with zero attached hydrogens (tertiary/aromatic N) is 5. The van der Waals surface area contributed by atoms with Crippen LogP contribution in [-0.2, 0) is 5.75 Å². The van der Waals surface area contributed by atoms with Gasteiger partial charge in [0.05, 0.1) is 21.5 Å². The quantitative estimate of drug-likeness (QED) is 0.255. The van der Waals surface area contributed by atoms with Crippen molar-refractivity contribution in [1.82, 2.24) is 24.6 Å². The molecule has 0 fully saturated rings. The van der Waals surface area contributed by atoms with E-state index in [2.05, 4.69) is 15.1 Å². The van der Waals surface area contributed by atoms with Gasteiger partial charge in [0.2, 0.25) is 0 Å². The second-order valence-electron chi connectivity index (χ2n) is 7.29. The normalized spacial score (nSPS) is 11.5. The van der Waals surface area contributed by atoms with Crippen molar-refractivity contribution in [3.63, 3.8) is 0 Å². The molecule has 0 aliphatic carbocycles. The lowest BCUT2D eigenvalue weighted by atomic mass is 10.1. The lowest BCUT2D eigenvalue weighted by Gasteiger charge is -2.10. The maximum absolute atomic E-state index is 13.4. The fourth-order valence-corrected chi connectivity index (χ4v) is 5.59. The highest BCUT2D eigenvalue weighted by Crippen LogP contribution is 2.31. The summed E-state index contributed by atoms with van der Waals surface area (Å²) in [5.41, 5.74) is 2.32. The molecule has 6 rings (SSSR count). The number of hydrogen-bond acceptors (Lipinski definition) is 7. The number of aromatic nitrogens is 5. The highest BCUT2D eigenvalue weighted by Gasteiger charge is 2.16. The van der Waals surface area contributed by atoms with Crippen molar-refractivity contribution in [2.24, 2.45) is 0 Å². The van der Waals surface area contributed by atoms with Gasteiger partial charge in [-0.25, -0.2) is 14.4 Å². The Bertz CT molecular complexity index is 1680. The Morgan fingerprint density at radius 2 is 1.64 bits per heavy atom. The van der Waals surface area contributed by atoms with E-state index in [1.54, 1.807) is 27.6 Å². The summed E-state index contributed by atoms with van der Waals surface area (Å²) in [4.78, 5) is 26.7. The molecule has 0 unspecified atom stereocenters. The molecule has 0 atom stereocenters. The summed E-state index contributed by atoms with van der Waals surface area (Å²) in [5.74, 6) is 0.749. The third-order valence-electron chi connectivity index (χ3n) is 5.17. The SMILES string of the molecule is O=c1nc2c3ccccc3nc(CSc3nc4ccccc4s3)n2nc1-c1ccc(F)cc1. The first-order chi connectivity index (χ1) is 16.2. The van der Waals surface area contributed by atoms with Crippen molar-refractivity contribution in [2.45, 2.75) is 10.1 Å². The zero-order chi connectivity index (χ0) is 22.4. The molecule has 6 aromatic rings. The molecule has 160 valence electrons. The first kappa shape index (κ1) is 20.0. The van der Waals surface area contributed by atoms with Crippen molar-refractivity contribution in [3.8, 4) is 11.3 Å². The summed E-state index contributed by atoms with van der Waals surface area (Å²) in [6.07, 6.45) is 0. The van der Waals surface area contributed by atoms with Crippen LogP contribution in [0, 0.1) is 5.82 Å². The zero-order valence-corrected chi connectivity index (χ0v) is 18.6. The second kappa shape index (κ2) is 8.02. The lowest BCUT2D eigenvalue weighted by molar-refractivity contribution is 0.628. The first-order valence-corrected chi connectivity index (χ1v) is 11.9. The van der Waals surface area contributed by atoms with E-state index in [0.29, 0.717) is 22.8 Å². The van der Waals surface area contributed by atoms with Crippen LogP contribution in [0.1, 0.15) is 5.82 Å². The van der Waals surface area contributed by atoms with E-state index in [-0.39, 0.29) is 11.5 Å². The molecule has 0 bridgehead atoms. The second-order valence-corrected chi connectivity index (χ2v) is 9.54. The van der Waals surface area contributed by atoms with Gasteiger partial charge in [-0.05, 0) is 48.5 Å². The molecule has 0 radical (unpaired) electrons. The summed E-state index contributed by atoms with van der Waals surface area (Å²) in [6.45, 7) is 0. The molecule has 3 heterocycles. The Hall–Kier alpha value is -3.69. The highest BCUT2D eigenvalue weighted by atomic mass is 32.2. The number of fused-ring (bicyclic) bond motifs is 4. The molecule has 0 amide bonds. The molecule has 0 N–H and O–H groups in total. The fourth-order valence-electron chi connectivity index (χ4n) is 3.61. The Morgan fingerprint density at radius 3 is 2.45 bits per heavy atom. The van der Waals surface area contributed by atoms with Gasteiger partial charge in [-0.2, -0.15) is 14.6 Å². The summed E-state index contributed by atoms with van der Waals surface area (Å²) in [5, 5.41) is 5.34. The molecule has 9 heteroatoms. The standard InChI is InChI=1S/C24H14FN5OS2/c25-15-11-9-14(10-12-15)21-23(31)28-22-16-5-1-2-6-17(16)26-20(30(22)29-21)13-32-24-27-18-7-3-4-8-19(18)33-24/h1-12H,13H2. The molecule has 0 aliphatic heterocycles. The molecule has 3 aromatic heterocycles. The maximum Gasteiger partial charge on any atom is 0.300 e. The van der Waals surface area contributed by atoms with Gasteiger partial charge in [0.25, 0.3) is 5.56 Å². The van der Waals surface area contributed by atoms with Gasteiger partial charge in [0.1, 0.15) is 11.6 Å². The number of hydrogen-bond donors (Lipinski definition) is 0. The molecule has 0 spiro atoms. The topological polar surface area (TPSA) is 73.0 Å². The van der Waals surface area contributed by atoms with E-state index < -0.39 is 5.56 Å². The molecular weight excluding hydrogens is 457 g/mol. The van der Waals surface area contributed by atoms with Gasteiger partial charge < -0.3 is 0 Å². The van der Waals surface area contributed by atoms with Crippen LogP contribution < -0.4 is 5.56 Å². The Balaban J connectivity index is 1.50. The van der Waals surface area contributed by atoms with Gasteiger partial charge in [0, 0.05) is 10.9 Å². The Kier molecular flexibility index (Phi) is 4.85. The van der Waals surface area contributed by atoms with Crippen LogP contribution in [0.5, 0.6) is 0 Å². The van der Waals surface area contributed by atoms with E-state index in [9.17, 15) is 9.18 Å². The summed E-state index contributed by atoms with van der Waals surface area (Å²) < 4.78 is 17.1. The van der Waals surface area contributed by atoms with Crippen LogP contribution in [-0.4, -0.2) is 24.6 Å². The first-order valence-electron chi connectivity index (χ1n) is 10.1. The minimum atomic E-state index is -0.470. The number of para-hydroxylation sites is 2. The molecular formula is C24H14FN5OS2. The number of thiazole rings is 1.